The summed E-state index contributed by atoms with van der Waals surface area (Å²) in [4.78, 5) is 19.0. The minimum absolute atomic E-state index is 0.127. The molecule has 1 amide bonds. The highest BCUT2D eigenvalue weighted by molar-refractivity contribution is 5.99. The van der Waals surface area contributed by atoms with Gasteiger partial charge in [-0.25, -0.2) is 4.98 Å². The third-order valence-corrected chi connectivity index (χ3v) is 6.03. The monoisotopic (exact) mass is 462 g/mol. The van der Waals surface area contributed by atoms with Gasteiger partial charge in [0.25, 0.3) is 0 Å². The first kappa shape index (κ1) is 23.9. The number of benzene rings is 1. The van der Waals surface area contributed by atoms with Crippen LogP contribution in [0, 0.1) is 5.92 Å². The Morgan fingerprint density at radius 1 is 1.29 bits per heavy atom. The molecule has 8 heteroatoms. The first-order valence-electron chi connectivity index (χ1n) is 11.8. The summed E-state index contributed by atoms with van der Waals surface area (Å²) in [5.74, 6) is 1.02. The van der Waals surface area contributed by atoms with Crippen molar-refractivity contribution in [2.45, 2.75) is 25.6 Å². The molecule has 2 fully saturated rings. The molecule has 1 saturated heterocycles. The Labute approximate surface area is 201 Å². The number of hydrogen-bond acceptors (Lipinski definition) is 7. The first-order valence-corrected chi connectivity index (χ1v) is 11.8. The molecule has 8 nitrogen and oxygen atoms in total. The number of nitrogens with zero attached hydrogens (tertiary/aromatic N) is 2. The second-order valence-corrected chi connectivity index (χ2v) is 8.76. The lowest BCUT2D eigenvalue weighted by Gasteiger charge is -2.27. The van der Waals surface area contributed by atoms with E-state index in [-0.39, 0.29) is 12.1 Å². The van der Waals surface area contributed by atoms with E-state index in [0.717, 1.165) is 74.0 Å². The normalized spacial score (nSPS) is 17.7. The Morgan fingerprint density at radius 3 is 2.79 bits per heavy atom. The van der Waals surface area contributed by atoms with Gasteiger partial charge in [0.05, 0.1) is 25.1 Å². The van der Waals surface area contributed by atoms with E-state index in [2.05, 4.69) is 39.6 Å². The molecule has 1 aliphatic carbocycles. The smallest absolute Gasteiger partial charge is 0.247 e. The SMILES string of the molecule is C=CC(=O)Nc1cccc(-c2cc(CN3CCOCC3)cc(NC(/C=C(\N)C3CC3)NC)n2)c1. The zero-order valence-corrected chi connectivity index (χ0v) is 19.7. The quantitative estimate of drug-likeness (QED) is 0.318. The summed E-state index contributed by atoms with van der Waals surface area (Å²) in [6.07, 6.45) is 5.50. The maximum atomic E-state index is 11.8. The van der Waals surface area contributed by atoms with Gasteiger partial charge in [-0.3, -0.25) is 15.0 Å². The molecular weight excluding hydrogens is 428 g/mol. The lowest BCUT2D eigenvalue weighted by molar-refractivity contribution is -0.111. The topological polar surface area (TPSA) is 105 Å². The van der Waals surface area contributed by atoms with Crippen LogP contribution in [0.4, 0.5) is 11.5 Å². The molecule has 0 spiro atoms. The highest BCUT2D eigenvalue weighted by Crippen LogP contribution is 2.34. The van der Waals surface area contributed by atoms with Gasteiger partial charge >= 0.3 is 0 Å². The van der Waals surface area contributed by atoms with Crippen LogP contribution in [0.2, 0.25) is 0 Å². The number of ether oxygens (including phenoxy) is 1. The largest absolute Gasteiger partial charge is 0.402 e. The summed E-state index contributed by atoms with van der Waals surface area (Å²) in [7, 11) is 1.90. The fourth-order valence-corrected chi connectivity index (χ4v) is 3.97. The van der Waals surface area contributed by atoms with Crippen molar-refractivity contribution in [3.63, 3.8) is 0 Å². The molecule has 1 unspecified atom stereocenters. The Balaban J connectivity index is 1.62. The number of anilines is 2. The molecule has 1 aliphatic heterocycles. The molecule has 180 valence electrons. The number of pyridine rings is 1. The van der Waals surface area contributed by atoms with Crippen LogP contribution in [0.25, 0.3) is 11.3 Å². The minimum Gasteiger partial charge on any atom is -0.402 e. The maximum absolute atomic E-state index is 11.8. The summed E-state index contributed by atoms with van der Waals surface area (Å²) in [6.45, 7) is 7.65. The second kappa shape index (κ2) is 11.3. The molecule has 0 radical (unpaired) electrons. The van der Waals surface area contributed by atoms with E-state index >= 15 is 0 Å². The van der Waals surface area contributed by atoms with Gasteiger partial charge in [-0.2, -0.15) is 0 Å². The zero-order chi connectivity index (χ0) is 23.9. The van der Waals surface area contributed by atoms with Crippen LogP contribution in [0.1, 0.15) is 18.4 Å². The van der Waals surface area contributed by atoms with Crippen molar-refractivity contribution in [3.05, 3.63) is 66.4 Å². The van der Waals surface area contributed by atoms with E-state index in [4.69, 9.17) is 15.5 Å². The Morgan fingerprint density at radius 2 is 2.09 bits per heavy atom. The number of carbonyl (C=O) groups is 1. The van der Waals surface area contributed by atoms with Gasteiger partial charge in [0.1, 0.15) is 5.82 Å². The molecule has 1 saturated carbocycles. The van der Waals surface area contributed by atoms with Gasteiger partial charge in [0.2, 0.25) is 5.91 Å². The summed E-state index contributed by atoms with van der Waals surface area (Å²) in [6, 6.07) is 11.9. The zero-order valence-electron chi connectivity index (χ0n) is 19.7. The lowest BCUT2D eigenvalue weighted by atomic mass is 10.1. The van der Waals surface area contributed by atoms with E-state index in [1.807, 2.05) is 37.4 Å². The van der Waals surface area contributed by atoms with E-state index in [9.17, 15) is 4.79 Å². The molecule has 1 aromatic carbocycles. The number of hydrogen-bond donors (Lipinski definition) is 4. The predicted octanol–water partition coefficient (Wildman–Crippen LogP) is 2.92. The summed E-state index contributed by atoms with van der Waals surface area (Å²) in [5, 5.41) is 9.57. The fraction of sp³-hybridized carbons (Fsp3) is 0.385. The highest BCUT2D eigenvalue weighted by atomic mass is 16.5. The number of nitrogens with two attached hydrogens (primary N) is 1. The molecule has 0 bridgehead atoms. The first-order chi connectivity index (χ1) is 16.5. The van der Waals surface area contributed by atoms with Gasteiger partial charge in [0, 0.05) is 36.6 Å². The number of carbonyl (C=O) groups excluding carboxylic acids is 1. The number of rotatable bonds is 10. The minimum atomic E-state index is -0.245. The van der Waals surface area contributed by atoms with Crippen LogP contribution >= 0.6 is 0 Å². The molecule has 1 aromatic heterocycles. The van der Waals surface area contributed by atoms with Gasteiger partial charge in [0.15, 0.2) is 0 Å². The number of amides is 1. The van der Waals surface area contributed by atoms with Crippen LogP contribution in [0.15, 0.2) is 60.8 Å². The number of likely N-dealkylation sites (N-methyl/N-ethyl adjacent to an activating group) is 1. The lowest BCUT2D eigenvalue weighted by Crippen LogP contribution is -2.36. The number of allylic oxidation sites excluding steroid dienone is 1. The molecular formula is C26H34N6O2. The average Bonchev–Trinajstić information content (AvgIpc) is 3.70. The van der Waals surface area contributed by atoms with Gasteiger partial charge < -0.3 is 21.1 Å². The van der Waals surface area contributed by atoms with E-state index in [0.29, 0.717) is 11.6 Å². The van der Waals surface area contributed by atoms with Crippen molar-refractivity contribution in [1.82, 2.24) is 15.2 Å². The van der Waals surface area contributed by atoms with Crippen LogP contribution in [-0.2, 0) is 16.1 Å². The van der Waals surface area contributed by atoms with Gasteiger partial charge in [-0.15, -0.1) is 0 Å². The van der Waals surface area contributed by atoms with Gasteiger partial charge in [-0.05, 0) is 67.8 Å². The average molecular weight is 463 g/mol. The Hall–Kier alpha value is -3.20. The van der Waals surface area contributed by atoms with Crippen molar-refractivity contribution < 1.29 is 9.53 Å². The van der Waals surface area contributed by atoms with Crippen molar-refractivity contribution in [2.75, 3.05) is 44.0 Å². The van der Waals surface area contributed by atoms with Crippen molar-refractivity contribution in [1.29, 1.82) is 0 Å². The van der Waals surface area contributed by atoms with E-state index in [1.165, 1.54) is 6.08 Å². The summed E-state index contributed by atoms with van der Waals surface area (Å²) in [5.41, 5.74) is 10.8. The number of aromatic nitrogens is 1. The Bertz CT molecular complexity index is 1040. The predicted molar refractivity (Wildman–Crippen MR) is 136 cm³/mol. The van der Waals surface area contributed by atoms with Crippen molar-refractivity contribution in [2.24, 2.45) is 11.7 Å². The third kappa shape index (κ3) is 6.66. The molecule has 2 aromatic rings. The van der Waals surface area contributed by atoms with Crippen LogP contribution in [-0.4, -0.2) is 55.3 Å². The molecule has 1 atom stereocenters. The molecule has 4 rings (SSSR count). The Kier molecular flexibility index (Phi) is 7.95. The third-order valence-electron chi connectivity index (χ3n) is 6.03. The van der Waals surface area contributed by atoms with E-state index < -0.39 is 0 Å². The summed E-state index contributed by atoms with van der Waals surface area (Å²) >= 11 is 0. The second-order valence-electron chi connectivity index (χ2n) is 8.76. The van der Waals surface area contributed by atoms with Crippen molar-refractivity contribution in [3.8, 4) is 11.3 Å². The highest BCUT2D eigenvalue weighted by Gasteiger charge is 2.24. The molecule has 2 heterocycles. The van der Waals surface area contributed by atoms with Crippen molar-refractivity contribution >= 4 is 17.4 Å². The van der Waals surface area contributed by atoms with Gasteiger partial charge in [-0.1, -0.05) is 18.7 Å². The standard InChI is InChI=1S/C26H34N6O2/c1-3-26(33)29-21-6-4-5-20(15-21)23-13-18(17-32-9-11-34-12-10-32)14-25(30-23)31-24(28-2)16-22(27)19-7-8-19/h3-6,13-16,19,24,28H,1,7-12,17,27H2,2H3,(H,29,33)(H,30,31)/b22-16-. The van der Waals surface area contributed by atoms with Crippen LogP contribution < -0.4 is 21.7 Å². The number of morpholine rings is 1. The maximum Gasteiger partial charge on any atom is 0.247 e. The number of nitrogens with one attached hydrogen (secondary N) is 3. The molecule has 5 N–H and O–H groups in total. The van der Waals surface area contributed by atoms with Crippen LogP contribution in [0.3, 0.4) is 0 Å². The van der Waals surface area contributed by atoms with E-state index in [1.54, 1.807) is 0 Å². The summed E-state index contributed by atoms with van der Waals surface area (Å²) < 4.78 is 5.50. The molecule has 34 heavy (non-hydrogen) atoms. The van der Waals surface area contributed by atoms with Crippen LogP contribution in [0.5, 0.6) is 0 Å². The molecule has 2 aliphatic rings. The fourth-order valence-electron chi connectivity index (χ4n) is 3.97.